The van der Waals surface area contributed by atoms with Crippen molar-refractivity contribution in [2.45, 2.75) is 25.8 Å². The molecule has 158 valence electrons. The second kappa shape index (κ2) is 12.7. The van der Waals surface area contributed by atoms with Gasteiger partial charge in [-0.15, -0.1) is 0 Å². The number of guanidine groups is 1. The van der Waals surface area contributed by atoms with Gasteiger partial charge in [-0.25, -0.2) is 4.39 Å². The van der Waals surface area contributed by atoms with Gasteiger partial charge in [0, 0.05) is 39.8 Å². The highest BCUT2D eigenvalue weighted by Gasteiger charge is 2.23. The number of nitrogens with zero attached hydrogens (tertiary/aromatic N) is 3. The lowest BCUT2D eigenvalue weighted by molar-refractivity contribution is 0.0170. The Labute approximate surface area is 169 Å². The van der Waals surface area contributed by atoms with Crippen molar-refractivity contribution in [2.75, 3.05) is 66.6 Å². The van der Waals surface area contributed by atoms with Gasteiger partial charge in [0.2, 0.25) is 0 Å². The van der Waals surface area contributed by atoms with Crippen LogP contribution >= 0.6 is 0 Å². The molecule has 2 rings (SSSR count). The van der Waals surface area contributed by atoms with Gasteiger partial charge in [-0.3, -0.25) is 9.89 Å². The molecule has 0 radical (unpaired) electrons. The van der Waals surface area contributed by atoms with Crippen LogP contribution in [0.4, 0.5) is 4.39 Å². The molecular formula is C21H36FN5O. The molecule has 7 heteroatoms. The number of likely N-dealkylation sites (N-methyl/N-ethyl adjacent to an activating group) is 1. The Balaban J connectivity index is 1.88. The van der Waals surface area contributed by atoms with E-state index in [1.165, 1.54) is 25.0 Å². The molecule has 6 nitrogen and oxygen atoms in total. The van der Waals surface area contributed by atoms with Crippen LogP contribution in [-0.4, -0.2) is 82.3 Å². The molecule has 0 aliphatic carbocycles. The molecule has 1 aromatic carbocycles. The van der Waals surface area contributed by atoms with E-state index >= 15 is 0 Å². The average Bonchev–Trinajstić information content (AvgIpc) is 2.73. The monoisotopic (exact) mass is 393 g/mol. The van der Waals surface area contributed by atoms with Crippen molar-refractivity contribution in [3.63, 3.8) is 0 Å². The Bertz CT molecular complexity index is 575. The maximum atomic E-state index is 13.4. The number of aliphatic imine (C=N–C) groups is 1. The first-order chi connectivity index (χ1) is 13.6. The second-order valence-electron chi connectivity index (χ2n) is 7.25. The minimum atomic E-state index is -0.206. The van der Waals surface area contributed by atoms with Crippen molar-refractivity contribution < 1.29 is 9.13 Å². The standard InChI is InChI=1S/C21H36FN5O/c1-4-5-11-26(3)12-10-24-21(23-2)25-17-20(27-13-15-28-16-14-27)18-6-8-19(22)9-7-18/h6-9,20H,4-5,10-17H2,1-3H3,(H2,23,24,25). The quantitative estimate of drug-likeness (QED) is 0.471. The molecule has 0 spiro atoms. The molecule has 0 saturated carbocycles. The van der Waals surface area contributed by atoms with Gasteiger partial charge in [0.25, 0.3) is 0 Å². The third-order valence-corrected chi connectivity index (χ3v) is 5.11. The maximum Gasteiger partial charge on any atom is 0.191 e. The first-order valence-corrected chi connectivity index (χ1v) is 10.3. The summed E-state index contributed by atoms with van der Waals surface area (Å²) in [5.41, 5.74) is 1.10. The Kier molecular flexibility index (Phi) is 10.2. The first kappa shape index (κ1) is 22.6. The summed E-state index contributed by atoms with van der Waals surface area (Å²) < 4.78 is 18.9. The van der Waals surface area contributed by atoms with Gasteiger partial charge in [-0.05, 0) is 37.7 Å². The third-order valence-electron chi connectivity index (χ3n) is 5.11. The molecular weight excluding hydrogens is 357 g/mol. The zero-order valence-corrected chi connectivity index (χ0v) is 17.6. The van der Waals surface area contributed by atoms with E-state index in [4.69, 9.17) is 4.74 Å². The van der Waals surface area contributed by atoms with E-state index in [1.54, 1.807) is 7.05 Å². The van der Waals surface area contributed by atoms with Gasteiger partial charge >= 0.3 is 0 Å². The normalized spacial score (nSPS) is 17.0. The van der Waals surface area contributed by atoms with Gasteiger partial charge in [0.05, 0.1) is 19.3 Å². The highest BCUT2D eigenvalue weighted by Crippen LogP contribution is 2.21. The van der Waals surface area contributed by atoms with Crippen LogP contribution in [0.1, 0.15) is 31.4 Å². The number of ether oxygens (including phenoxy) is 1. The van der Waals surface area contributed by atoms with E-state index in [-0.39, 0.29) is 11.9 Å². The number of unbranched alkanes of at least 4 members (excludes halogenated alkanes) is 1. The first-order valence-electron chi connectivity index (χ1n) is 10.3. The van der Waals surface area contributed by atoms with Gasteiger partial charge in [-0.1, -0.05) is 25.5 Å². The fourth-order valence-electron chi connectivity index (χ4n) is 3.35. The van der Waals surface area contributed by atoms with Crippen LogP contribution < -0.4 is 10.6 Å². The summed E-state index contributed by atoms with van der Waals surface area (Å²) in [4.78, 5) is 9.06. The van der Waals surface area contributed by atoms with Gasteiger partial charge in [0.15, 0.2) is 5.96 Å². The largest absolute Gasteiger partial charge is 0.379 e. The number of benzene rings is 1. The predicted molar refractivity (Wildman–Crippen MR) is 113 cm³/mol. The molecule has 1 heterocycles. The molecule has 1 saturated heterocycles. The Morgan fingerprint density at radius 2 is 1.93 bits per heavy atom. The van der Waals surface area contributed by atoms with Crippen molar-refractivity contribution in [3.8, 4) is 0 Å². The minimum Gasteiger partial charge on any atom is -0.379 e. The molecule has 1 unspecified atom stereocenters. The Morgan fingerprint density at radius 3 is 2.57 bits per heavy atom. The van der Waals surface area contributed by atoms with E-state index in [9.17, 15) is 4.39 Å². The van der Waals surface area contributed by atoms with Gasteiger partial charge in [-0.2, -0.15) is 0 Å². The molecule has 1 atom stereocenters. The van der Waals surface area contributed by atoms with E-state index in [0.29, 0.717) is 6.54 Å². The summed E-state index contributed by atoms with van der Waals surface area (Å²) >= 11 is 0. The molecule has 28 heavy (non-hydrogen) atoms. The highest BCUT2D eigenvalue weighted by molar-refractivity contribution is 5.79. The van der Waals surface area contributed by atoms with Crippen LogP contribution in [0.3, 0.4) is 0 Å². The van der Waals surface area contributed by atoms with Crippen LogP contribution in [0.2, 0.25) is 0 Å². The fourth-order valence-corrected chi connectivity index (χ4v) is 3.35. The molecule has 0 aromatic heterocycles. The van der Waals surface area contributed by atoms with Crippen molar-refractivity contribution in [1.29, 1.82) is 0 Å². The molecule has 1 aromatic rings. The molecule has 1 aliphatic heterocycles. The topological polar surface area (TPSA) is 52.1 Å². The highest BCUT2D eigenvalue weighted by atomic mass is 19.1. The van der Waals surface area contributed by atoms with Gasteiger partial charge in [0.1, 0.15) is 5.82 Å². The fraction of sp³-hybridized carbons (Fsp3) is 0.667. The summed E-state index contributed by atoms with van der Waals surface area (Å²) in [5, 5.41) is 6.83. The number of halogens is 1. The third kappa shape index (κ3) is 7.73. The smallest absolute Gasteiger partial charge is 0.191 e. The summed E-state index contributed by atoms with van der Waals surface area (Å²) in [5.74, 6) is 0.589. The summed E-state index contributed by atoms with van der Waals surface area (Å²) in [6.45, 7) is 9.07. The Morgan fingerprint density at radius 1 is 1.21 bits per heavy atom. The second-order valence-corrected chi connectivity index (χ2v) is 7.25. The number of hydrogen-bond acceptors (Lipinski definition) is 4. The maximum absolute atomic E-state index is 13.4. The molecule has 2 N–H and O–H groups in total. The number of hydrogen-bond donors (Lipinski definition) is 2. The lowest BCUT2D eigenvalue weighted by Gasteiger charge is -2.35. The summed E-state index contributed by atoms with van der Waals surface area (Å²) in [6, 6.07) is 6.95. The van der Waals surface area contributed by atoms with Crippen molar-refractivity contribution >= 4 is 5.96 Å². The van der Waals surface area contributed by atoms with Crippen LogP contribution in [0.5, 0.6) is 0 Å². The van der Waals surface area contributed by atoms with Crippen LogP contribution in [0.25, 0.3) is 0 Å². The number of morpholine rings is 1. The minimum absolute atomic E-state index is 0.148. The summed E-state index contributed by atoms with van der Waals surface area (Å²) in [6.07, 6.45) is 2.44. The number of rotatable bonds is 10. The van der Waals surface area contributed by atoms with Crippen molar-refractivity contribution in [3.05, 3.63) is 35.6 Å². The zero-order chi connectivity index (χ0) is 20.2. The van der Waals surface area contributed by atoms with Crippen LogP contribution in [-0.2, 0) is 4.74 Å². The lowest BCUT2D eigenvalue weighted by Crippen LogP contribution is -2.47. The van der Waals surface area contributed by atoms with E-state index in [2.05, 4.69) is 39.4 Å². The van der Waals surface area contributed by atoms with E-state index in [1.807, 2.05) is 12.1 Å². The lowest BCUT2D eigenvalue weighted by atomic mass is 10.0. The van der Waals surface area contributed by atoms with Gasteiger partial charge < -0.3 is 20.3 Å². The molecule has 1 fully saturated rings. The SMILES string of the molecule is CCCCN(C)CCNC(=NC)NCC(c1ccc(F)cc1)N1CCOCC1. The molecule has 1 aliphatic rings. The number of nitrogens with one attached hydrogen (secondary N) is 2. The Hall–Kier alpha value is -1.70. The van der Waals surface area contributed by atoms with Crippen molar-refractivity contribution in [1.82, 2.24) is 20.4 Å². The summed E-state index contributed by atoms with van der Waals surface area (Å²) in [7, 11) is 3.94. The van der Waals surface area contributed by atoms with Crippen LogP contribution in [0, 0.1) is 5.82 Å². The molecule has 0 amide bonds. The van der Waals surface area contributed by atoms with E-state index in [0.717, 1.165) is 57.5 Å². The van der Waals surface area contributed by atoms with E-state index < -0.39 is 0 Å². The van der Waals surface area contributed by atoms with Crippen LogP contribution in [0.15, 0.2) is 29.3 Å². The predicted octanol–water partition coefficient (Wildman–Crippen LogP) is 2.10. The zero-order valence-electron chi connectivity index (χ0n) is 17.6. The van der Waals surface area contributed by atoms with Crippen molar-refractivity contribution in [2.24, 2.45) is 4.99 Å². The molecule has 0 bridgehead atoms. The average molecular weight is 394 g/mol.